The summed E-state index contributed by atoms with van der Waals surface area (Å²) in [6, 6.07) is 19.6. The Morgan fingerprint density at radius 2 is 0.894 bits per heavy atom. The van der Waals surface area contributed by atoms with Crippen LogP contribution in [-0.2, 0) is 34.8 Å². The van der Waals surface area contributed by atoms with Crippen LogP contribution >= 0.6 is 0 Å². The SMILES string of the molecule is CCO.FC(F)(F)c1ccc(N2CCNCC2)nc1.NCc1ccc(N2CCN(c3ccc(C(F)(F)F)cn3)CC2)c(F)c1.O=CO[O-].[C-]#[N+]c1ccc(F)c(F)c1.[C-]#[N+]c1ccc(N2CCN(c3ccc(C(F)(F)F)cn3)CC2)c(F)c1.[H-].[K+].[K+]. The van der Waals surface area contributed by atoms with Crippen LogP contribution < -0.4 is 144 Å². The van der Waals surface area contributed by atoms with Gasteiger partial charge in [-0.15, -0.1) is 0 Å². The molecule has 0 amide bonds. The number of nitrogens with one attached hydrogen (secondary N) is 1. The van der Waals surface area contributed by atoms with Crippen molar-refractivity contribution in [3.8, 4) is 0 Å². The third-order valence-corrected chi connectivity index (χ3v) is 11.9. The number of anilines is 5. The molecule has 0 unspecified atom stereocenters. The van der Waals surface area contributed by atoms with Crippen LogP contribution in [0.4, 0.5) is 97.3 Å². The minimum absolute atomic E-state index is 0. The summed E-state index contributed by atoms with van der Waals surface area (Å²) in [6.45, 7) is 22.9. The van der Waals surface area contributed by atoms with Crippen molar-refractivity contribution < 1.29 is 181 Å². The fourth-order valence-corrected chi connectivity index (χ4v) is 7.78. The van der Waals surface area contributed by atoms with Crippen molar-refractivity contribution in [3.05, 3.63) is 178 Å². The van der Waals surface area contributed by atoms with Gasteiger partial charge in [0.05, 0.1) is 41.2 Å². The molecule has 0 aliphatic carbocycles. The van der Waals surface area contributed by atoms with E-state index < -0.39 is 52.7 Å². The quantitative estimate of drug-likeness (QED) is 0.0528. The number of aliphatic hydroxyl groups is 1. The second-order valence-corrected chi connectivity index (χ2v) is 17.4. The van der Waals surface area contributed by atoms with Gasteiger partial charge in [-0.2, -0.15) is 39.5 Å². The molecule has 448 valence electrons. The van der Waals surface area contributed by atoms with Crippen molar-refractivity contribution in [1.29, 1.82) is 0 Å². The normalized spacial score (nSPS) is 13.8. The van der Waals surface area contributed by atoms with Crippen LogP contribution in [-0.4, -0.2) is 112 Å². The van der Waals surface area contributed by atoms with Crippen LogP contribution in [0.3, 0.4) is 0 Å². The van der Waals surface area contributed by atoms with Gasteiger partial charge in [0.15, 0.2) is 17.2 Å². The van der Waals surface area contributed by atoms with Crippen molar-refractivity contribution >= 4 is 46.7 Å². The van der Waals surface area contributed by atoms with E-state index in [1.165, 1.54) is 36.4 Å². The summed E-state index contributed by atoms with van der Waals surface area (Å²) in [4.78, 5) is 38.5. The molecule has 3 aromatic carbocycles. The molecule has 3 fully saturated rings. The van der Waals surface area contributed by atoms with E-state index in [4.69, 9.17) is 34.0 Å². The molecule has 6 heterocycles. The average molecular weight is 1260 g/mol. The number of hydrogen-bond acceptors (Lipinski definition) is 14. The van der Waals surface area contributed by atoms with E-state index in [2.05, 4.69) is 34.8 Å². The summed E-state index contributed by atoms with van der Waals surface area (Å²) >= 11 is 0. The molecule has 31 heteroatoms. The van der Waals surface area contributed by atoms with Gasteiger partial charge in [-0.05, 0) is 85.3 Å². The van der Waals surface area contributed by atoms with Gasteiger partial charge in [-0.25, -0.2) is 42.2 Å². The number of carbonyl (C=O) groups excluding carboxylic acids is 1. The van der Waals surface area contributed by atoms with Crippen LogP contribution in [0, 0.1) is 36.4 Å². The molecule has 6 aromatic rings. The summed E-state index contributed by atoms with van der Waals surface area (Å²) in [5.74, 6) is -1.10. The number of halogens is 13. The van der Waals surface area contributed by atoms with Crippen LogP contribution in [0.15, 0.2) is 110 Å². The molecule has 0 spiro atoms. The first-order valence-electron chi connectivity index (χ1n) is 24.8. The minimum Gasteiger partial charge on any atom is -1.00 e. The first-order valence-corrected chi connectivity index (χ1v) is 24.8. The van der Waals surface area contributed by atoms with Gasteiger partial charge in [0, 0.05) is 110 Å². The molecule has 0 atom stereocenters. The topological polar surface area (TPSA) is 171 Å². The monoisotopic (exact) mass is 1260 g/mol. The van der Waals surface area contributed by atoms with E-state index in [9.17, 15) is 57.1 Å². The number of nitrogens with zero attached hydrogens (tertiary/aromatic N) is 10. The van der Waals surface area contributed by atoms with E-state index in [1.807, 2.05) is 24.5 Å². The number of hydrogen-bond donors (Lipinski definition) is 3. The zero-order chi connectivity index (χ0) is 61.3. The van der Waals surface area contributed by atoms with Crippen LogP contribution in [0.1, 0.15) is 30.6 Å². The summed E-state index contributed by atoms with van der Waals surface area (Å²) in [5, 5.41) is 19.2. The van der Waals surface area contributed by atoms with Gasteiger partial charge < -0.3 is 52.2 Å². The molecular weight excluding hydrogens is 1210 g/mol. The predicted molar refractivity (Wildman–Crippen MR) is 282 cm³/mol. The third kappa shape index (κ3) is 24.8. The molecule has 85 heavy (non-hydrogen) atoms. The van der Waals surface area contributed by atoms with E-state index in [-0.39, 0.29) is 141 Å². The Morgan fingerprint density at radius 3 is 1.19 bits per heavy atom. The summed E-state index contributed by atoms with van der Waals surface area (Å²) in [5.41, 5.74) is 5.27. The Bertz CT molecular complexity index is 3040. The summed E-state index contributed by atoms with van der Waals surface area (Å²) < 4.78 is 165. The average Bonchev–Trinajstić information content (AvgIpc) is 2.49. The maximum atomic E-state index is 14.2. The number of pyridine rings is 3. The van der Waals surface area contributed by atoms with Crippen LogP contribution in [0.25, 0.3) is 9.69 Å². The standard InChI is InChI=1S/C17H14F4N4.C17H18F4N4.C10H12F3N3.C7H3F2N.C2H6O.CH2O3.2K.H/c1-22-13-3-4-15(14(18)10-13)24-6-8-25(9-7-24)16-5-2-12(11-23-16)17(19,20)21;18-14-9-12(10-22)1-3-15(14)24-5-7-25(8-6-24)16-4-2-13(11-23-16)17(19,20)21;11-10(12,13)8-1-2-9(15-7-8)16-5-3-14-4-6-16;1-10-5-2-3-6(8)7(9)4-5;1-2-3;2-1-4-3;;;/h2-5,10-11H,6-9H2;1-4,9,11H,5-8,10,22H2;1-2,7,14H,3-6H2;2-4H;3H,2H2,1H3;1,3H;;;/q;;;;;;2*+1;-1/p-1. The van der Waals surface area contributed by atoms with Crippen molar-refractivity contribution in [2.24, 2.45) is 5.73 Å². The number of piperazine rings is 3. The summed E-state index contributed by atoms with van der Waals surface area (Å²) in [7, 11) is 0. The number of benzene rings is 3. The zero-order valence-electron chi connectivity index (χ0n) is 47.0. The molecule has 0 saturated carbocycles. The Balaban J connectivity index is 0.000000568. The molecule has 0 radical (unpaired) electrons. The molecule has 3 saturated heterocycles. The van der Waals surface area contributed by atoms with E-state index in [0.29, 0.717) is 81.2 Å². The molecule has 0 bridgehead atoms. The Labute approximate surface area is 567 Å². The third-order valence-electron chi connectivity index (χ3n) is 11.9. The fraction of sp³-hybridized carbons (Fsp3) is 0.333. The van der Waals surface area contributed by atoms with Gasteiger partial charge in [0.2, 0.25) is 0 Å². The Kier molecular flexibility index (Phi) is 33.4. The van der Waals surface area contributed by atoms with E-state index in [1.54, 1.807) is 31.2 Å². The second-order valence-electron chi connectivity index (χ2n) is 17.4. The van der Waals surface area contributed by atoms with Crippen molar-refractivity contribution in [2.75, 3.05) is 110 Å². The molecule has 4 N–H and O–H groups in total. The fourth-order valence-electron chi connectivity index (χ4n) is 7.78. The number of alkyl halides is 9. The Hall–Kier alpha value is -5.24. The molecule has 3 aliphatic heterocycles. The molecular formula is C54H55F13K2N12O4. The van der Waals surface area contributed by atoms with Crippen molar-refractivity contribution in [1.82, 2.24) is 20.3 Å². The first kappa shape index (κ1) is 75.9. The molecule has 3 aliphatic rings. The number of carbonyl (C=O) groups is 1. The van der Waals surface area contributed by atoms with E-state index >= 15 is 0 Å². The van der Waals surface area contributed by atoms with Crippen molar-refractivity contribution in [2.45, 2.75) is 32.0 Å². The van der Waals surface area contributed by atoms with E-state index in [0.717, 1.165) is 80.7 Å². The largest absolute Gasteiger partial charge is 1.00 e. The molecule has 16 nitrogen and oxygen atoms in total. The molecule has 3 aromatic heterocycles. The first-order chi connectivity index (χ1) is 39.4. The zero-order valence-corrected chi connectivity index (χ0v) is 52.3. The second kappa shape index (κ2) is 37.5. The van der Waals surface area contributed by atoms with Crippen LogP contribution in [0.5, 0.6) is 0 Å². The number of aromatic nitrogens is 3. The number of aliphatic hydroxyl groups excluding tert-OH is 1. The maximum absolute atomic E-state index is 14.2. The Morgan fingerprint density at radius 1 is 0.565 bits per heavy atom. The van der Waals surface area contributed by atoms with Gasteiger partial charge in [-0.3, -0.25) is 4.79 Å². The number of nitrogens with two attached hydrogens (primary N) is 1. The minimum atomic E-state index is -4.40. The summed E-state index contributed by atoms with van der Waals surface area (Å²) in [6.07, 6.45) is -10.6. The smallest absolute Gasteiger partial charge is 1.00 e. The van der Waals surface area contributed by atoms with Gasteiger partial charge >= 0.3 is 121 Å². The van der Waals surface area contributed by atoms with Gasteiger partial charge in [0.1, 0.15) is 34.9 Å². The number of rotatable bonds is 7. The maximum Gasteiger partial charge on any atom is 1.00 e. The van der Waals surface area contributed by atoms with Crippen LogP contribution in [0.2, 0.25) is 0 Å². The molecule has 9 rings (SSSR count). The van der Waals surface area contributed by atoms with Gasteiger partial charge in [0.25, 0.3) is 6.47 Å². The van der Waals surface area contributed by atoms with Crippen molar-refractivity contribution in [3.63, 3.8) is 0 Å². The van der Waals surface area contributed by atoms with Gasteiger partial charge in [-0.1, -0.05) is 18.2 Å². The predicted octanol–water partition coefficient (Wildman–Crippen LogP) is 3.72.